The monoisotopic (exact) mass is 287 g/mol. The van der Waals surface area contributed by atoms with Crippen LogP contribution in [0.2, 0.25) is 0 Å². The molecule has 2 aromatic rings. The topological polar surface area (TPSA) is 92.0 Å². The summed E-state index contributed by atoms with van der Waals surface area (Å²) in [5.41, 5.74) is 8.17. The molecule has 4 N–H and O–H groups in total. The van der Waals surface area contributed by atoms with Crippen LogP contribution in [0.25, 0.3) is 11.3 Å². The quantitative estimate of drug-likeness (QED) is 0.650. The number of nitrogens with zero attached hydrogens (tertiary/aromatic N) is 1. The van der Waals surface area contributed by atoms with Crippen LogP contribution in [-0.2, 0) is 4.79 Å². The van der Waals surface area contributed by atoms with Gasteiger partial charge in [-0.15, -0.1) is 0 Å². The number of hydrogen-bond donors (Lipinski definition) is 3. The Bertz CT molecular complexity index is 566. The van der Waals surface area contributed by atoms with E-state index in [-0.39, 0.29) is 12.5 Å². The SMILES string of the molecule is N[C@@H](CCCCCC(=O)O)c1ncc(-c2ccccc2)[nH]1. The van der Waals surface area contributed by atoms with Crippen molar-refractivity contribution in [1.29, 1.82) is 0 Å². The zero-order chi connectivity index (χ0) is 15.1. The Labute approximate surface area is 124 Å². The lowest BCUT2D eigenvalue weighted by Crippen LogP contribution is -2.12. The van der Waals surface area contributed by atoms with Crippen molar-refractivity contribution in [3.05, 3.63) is 42.4 Å². The number of nitrogens with two attached hydrogens (primary N) is 1. The zero-order valence-electron chi connectivity index (χ0n) is 12.0. The van der Waals surface area contributed by atoms with Gasteiger partial charge in [-0.2, -0.15) is 0 Å². The smallest absolute Gasteiger partial charge is 0.303 e. The Morgan fingerprint density at radius 1 is 1.24 bits per heavy atom. The lowest BCUT2D eigenvalue weighted by atomic mass is 10.1. The predicted octanol–water partition coefficient (Wildman–Crippen LogP) is 3.11. The predicted molar refractivity (Wildman–Crippen MR) is 81.7 cm³/mol. The molecule has 5 heteroatoms. The van der Waals surface area contributed by atoms with Crippen molar-refractivity contribution in [2.75, 3.05) is 0 Å². The Kier molecular flexibility index (Phi) is 5.51. The number of carbonyl (C=O) groups is 1. The van der Waals surface area contributed by atoms with Gasteiger partial charge >= 0.3 is 5.97 Å². The molecule has 0 saturated carbocycles. The largest absolute Gasteiger partial charge is 0.481 e. The number of aromatic nitrogens is 2. The Morgan fingerprint density at radius 3 is 2.71 bits per heavy atom. The Morgan fingerprint density at radius 2 is 2.00 bits per heavy atom. The van der Waals surface area contributed by atoms with Gasteiger partial charge in [-0.3, -0.25) is 4.79 Å². The van der Waals surface area contributed by atoms with Gasteiger partial charge in [-0.05, 0) is 18.4 Å². The molecular formula is C16H21N3O2. The maximum atomic E-state index is 10.4. The van der Waals surface area contributed by atoms with Crippen LogP contribution in [0.1, 0.15) is 44.0 Å². The highest BCUT2D eigenvalue weighted by Gasteiger charge is 2.10. The van der Waals surface area contributed by atoms with Crippen molar-refractivity contribution in [2.24, 2.45) is 5.73 Å². The number of unbranched alkanes of at least 4 members (excludes halogenated alkanes) is 2. The molecule has 0 unspecified atom stereocenters. The molecule has 112 valence electrons. The van der Waals surface area contributed by atoms with Crippen LogP contribution >= 0.6 is 0 Å². The van der Waals surface area contributed by atoms with Crippen LogP contribution in [0.4, 0.5) is 0 Å². The summed E-state index contributed by atoms with van der Waals surface area (Å²) in [4.78, 5) is 18.0. The minimum absolute atomic E-state index is 0.132. The van der Waals surface area contributed by atoms with Crippen molar-refractivity contribution < 1.29 is 9.90 Å². The van der Waals surface area contributed by atoms with Crippen molar-refractivity contribution in [1.82, 2.24) is 9.97 Å². The molecule has 0 saturated heterocycles. The summed E-state index contributed by atoms with van der Waals surface area (Å²) in [5.74, 6) is 0.0462. The molecule has 2 rings (SSSR count). The van der Waals surface area contributed by atoms with Crippen LogP contribution < -0.4 is 5.73 Å². The third-order valence-electron chi connectivity index (χ3n) is 3.44. The molecule has 1 atom stereocenters. The lowest BCUT2D eigenvalue weighted by Gasteiger charge is -2.08. The fourth-order valence-electron chi connectivity index (χ4n) is 2.24. The maximum Gasteiger partial charge on any atom is 0.303 e. The van der Waals surface area contributed by atoms with Crippen LogP contribution in [0.15, 0.2) is 36.5 Å². The van der Waals surface area contributed by atoms with Crippen LogP contribution in [0.3, 0.4) is 0 Å². The number of nitrogens with one attached hydrogen (secondary N) is 1. The first-order valence-corrected chi connectivity index (χ1v) is 7.24. The standard InChI is InChI=1S/C16H21N3O2/c17-13(9-5-2-6-10-15(20)21)16-18-11-14(19-16)12-7-3-1-4-8-12/h1,3-4,7-8,11,13H,2,5-6,9-10,17H2,(H,18,19)(H,20,21)/t13-/m0/s1. The number of aliphatic carboxylic acids is 1. The van der Waals surface area contributed by atoms with E-state index in [2.05, 4.69) is 9.97 Å². The van der Waals surface area contributed by atoms with Gasteiger partial charge in [0.1, 0.15) is 5.82 Å². The first-order chi connectivity index (χ1) is 10.2. The second-order valence-corrected chi connectivity index (χ2v) is 5.15. The van der Waals surface area contributed by atoms with Crippen LogP contribution in [0, 0.1) is 0 Å². The van der Waals surface area contributed by atoms with Crippen LogP contribution in [0.5, 0.6) is 0 Å². The van der Waals surface area contributed by atoms with Gasteiger partial charge in [0.05, 0.1) is 17.9 Å². The van der Waals surface area contributed by atoms with E-state index >= 15 is 0 Å². The molecule has 1 aromatic carbocycles. The van der Waals surface area contributed by atoms with Crippen molar-refractivity contribution >= 4 is 5.97 Å². The zero-order valence-corrected chi connectivity index (χ0v) is 12.0. The molecule has 1 aromatic heterocycles. The summed E-state index contributed by atoms with van der Waals surface area (Å²) in [6, 6.07) is 9.86. The van der Waals surface area contributed by atoms with E-state index in [1.165, 1.54) is 0 Å². The van der Waals surface area contributed by atoms with Crippen molar-refractivity contribution in [3.8, 4) is 11.3 Å². The molecule has 0 aliphatic carbocycles. The van der Waals surface area contributed by atoms with E-state index in [1.807, 2.05) is 30.3 Å². The molecule has 0 aliphatic heterocycles. The van der Waals surface area contributed by atoms with Gasteiger partial charge in [-0.1, -0.05) is 43.2 Å². The summed E-state index contributed by atoms with van der Waals surface area (Å²) < 4.78 is 0. The average Bonchev–Trinajstić information content (AvgIpc) is 2.97. The second kappa shape index (κ2) is 7.59. The molecule has 5 nitrogen and oxygen atoms in total. The number of benzene rings is 1. The lowest BCUT2D eigenvalue weighted by molar-refractivity contribution is -0.137. The van der Waals surface area contributed by atoms with E-state index in [0.29, 0.717) is 6.42 Å². The van der Waals surface area contributed by atoms with Crippen LogP contribution in [-0.4, -0.2) is 21.0 Å². The summed E-state index contributed by atoms with van der Waals surface area (Å²) >= 11 is 0. The van der Waals surface area contributed by atoms with Gasteiger partial charge in [0.15, 0.2) is 0 Å². The molecular weight excluding hydrogens is 266 g/mol. The third-order valence-corrected chi connectivity index (χ3v) is 3.44. The molecule has 0 spiro atoms. The van der Waals surface area contributed by atoms with E-state index < -0.39 is 5.97 Å². The van der Waals surface area contributed by atoms with Gasteiger partial charge in [0, 0.05) is 6.42 Å². The number of imidazole rings is 1. The highest BCUT2D eigenvalue weighted by atomic mass is 16.4. The summed E-state index contributed by atoms with van der Waals surface area (Å²) in [6.45, 7) is 0. The maximum absolute atomic E-state index is 10.4. The normalized spacial score (nSPS) is 12.2. The minimum atomic E-state index is -0.738. The van der Waals surface area contributed by atoms with Gasteiger partial charge in [-0.25, -0.2) is 4.98 Å². The van der Waals surface area contributed by atoms with Crippen molar-refractivity contribution in [3.63, 3.8) is 0 Å². The highest BCUT2D eigenvalue weighted by Crippen LogP contribution is 2.20. The summed E-state index contributed by atoms with van der Waals surface area (Å²) in [7, 11) is 0. The highest BCUT2D eigenvalue weighted by molar-refractivity contribution is 5.66. The molecule has 0 radical (unpaired) electrons. The second-order valence-electron chi connectivity index (χ2n) is 5.15. The Balaban J connectivity index is 1.82. The number of carboxylic acid groups (broad SMARTS) is 1. The number of hydrogen-bond acceptors (Lipinski definition) is 3. The van der Waals surface area contributed by atoms with Gasteiger partial charge in [0.2, 0.25) is 0 Å². The third kappa shape index (κ3) is 4.72. The molecule has 0 aliphatic rings. The molecule has 0 bridgehead atoms. The van der Waals surface area contributed by atoms with Crippen molar-refractivity contribution in [2.45, 2.75) is 38.1 Å². The van der Waals surface area contributed by atoms with Gasteiger partial charge in [0.25, 0.3) is 0 Å². The van der Waals surface area contributed by atoms with E-state index in [9.17, 15) is 4.79 Å². The summed E-state index contributed by atoms with van der Waals surface area (Å²) in [5, 5.41) is 8.57. The number of aromatic amines is 1. The average molecular weight is 287 g/mol. The number of carboxylic acids is 1. The molecule has 0 amide bonds. The number of H-pyrrole nitrogens is 1. The fourth-order valence-corrected chi connectivity index (χ4v) is 2.24. The van der Waals surface area contributed by atoms with E-state index in [1.54, 1.807) is 6.20 Å². The first-order valence-electron chi connectivity index (χ1n) is 7.24. The number of rotatable bonds is 8. The fraction of sp³-hybridized carbons (Fsp3) is 0.375. The van der Waals surface area contributed by atoms with E-state index in [0.717, 1.165) is 36.3 Å². The minimum Gasteiger partial charge on any atom is -0.481 e. The van der Waals surface area contributed by atoms with E-state index in [4.69, 9.17) is 10.8 Å². The molecule has 0 fully saturated rings. The molecule has 1 heterocycles. The first kappa shape index (κ1) is 15.3. The molecule has 21 heavy (non-hydrogen) atoms. The summed E-state index contributed by atoms with van der Waals surface area (Å²) in [6.07, 6.45) is 5.34. The Hall–Kier alpha value is -2.14. The van der Waals surface area contributed by atoms with Gasteiger partial charge < -0.3 is 15.8 Å².